The van der Waals surface area contributed by atoms with Crippen molar-refractivity contribution in [3.63, 3.8) is 0 Å². The number of hydrogen-bond acceptors (Lipinski definition) is 5. The van der Waals surface area contributed by atoms with Gasteiger partial charge < -0.3 is 4.74 Å². The molecule has 0 saturated heterocycles. The van der Waals surface area contributed by atoms with E-state index in [0.29, 0.717) is 21.0 Å². The summed E-state index contributed by atoms with van der Waals surface area (Å²) in [5.74, 6) is 0.888. The highest BCUT2D eigenvalue weighted by atomic mass is 79.9. The van der Waals surface area contributed by atoms with Crippen molar-refractivity contribution in [2.24, 2.45) is 7.05 Å². The van der Waals surface area contributed by atoms with Gasteiger partial charge in [-0.3, -0.25) is 9.36 Å². The zero-order valence-corrected chi connectivity index (χ0v) is 19.5. The van der Waals surface area contributed by atoms with Gasteiger partial charge >= 0.3 is 17.8 Å². The molecule has 1 aromatic heterocycles. The molecule has 0 saturated carbocycles. The molecule has 2 rings (SSSR count). The lowest BCUT2D eigenvalue weighted by Gasteiger charge is -2.14. The van der Waals surface area contributed by atoms with E-state index in [1.54, 1.807) is 11.8 Å². The molecule has 0 amide bonds. The van der Waals surface area contributed by atoms with E-state index in [-0.39, 0.29) is 27.4 Å². The molecule has 6 nitrogen and oxygen atoms in total. The van der Waals surface area contributed by atoms with Crippen molar-refractivity contribution >= 4 is 51.3 Å². The van der Waals surface area contributed by atoms with E-state index in [1.165, 1.54) is 24.3 Å². The Bertz CT molecular complexity index is 1130. The smallest absolute Gasteiger partial charge is 0.431 e. The molecular weight excluding hydrogens is 525 g/mol. The number of rotatable bonds is 7. The van der Waals surface area contributed by atoms with Gasteiger partial charge in [-0.1, -0.05) is 18.5 Å². The molecule has 0 spiro atoms. The summed E-state index contributed by atoms with van der Waals surface area (Å²) in [7, 11) is 0.918. The maximum atomic E-state index is 13.0. The summed E-state index contributed by atoms with van der Waals surface area (Å²) in [5, 5.41) is 0.187. The minimum Gasteiger partial charge on any atom is -0.461 e. The van der Waals surface area contributed by atoms with Crippen molar-refractivity contribution in [3.05, 3.63) is 65.9 Å². The third kappa shape index (κ3) is 6.27. The summed E-state index contributed by atoms with van der Waals surface area (Å²) in [6.45, 7) is 2.19. The second-order valence-corrected chi connectivity index (χ2v) is 8.73. The van der Waals surface area contributed by atoms with Crippen molar-refractivity contribution < 1.29 is 22.7 Å². The number of hydrogen-bond donors (Lipinski definition) is 0. The Morgan fingerprint density at radius 2 is 1.97 bits per heavy atom. The highest BCUT2D eigenvalue weighted by Crippen LogP contribution is 2.27. The van der Waals surface area contributed by atoms with E-state index >= 15 is 0 Å². The molecule has 0 atom stereocenters. The van der Waals surface area contributed by atoms with Gasteiger partial charge in [0.2, 0.25) is 0 Å². The first-order valence-corrected chi connectivity index (χ1v) is 11.1. The number of carbonyl (C=O) groups excluding carboxylic acids is 1. The van der Waals surface area contributed by atoms with Crippen LogP contribution in [0.2, 0.25) is 5.02 Å². The SMILES string of the molecule is CCSCCOC(=O)C(Br)=Cc1cc(-n2c(=O)cc(C(F)(F)F)n(C)c2=O)ccc1Cl. The van der Waals surface area contributed by atoms with E-state index in [4.69, 9.17) is 16.3 Å². The molecule has 0 unspecified atom stereocenters. The molecule has 12 heteroatoms. The van der Waals surface area contributed by atoms with Crippen molar-refractivity contribution in [1.82, 2.24) is 9.13 Å². The standard InChI is InChI=1S/C19H17BrClF3N2O4S/c1-3-31-7-6-30-17(28)13(20)9-11-8-12(4-5-14(11)21)26-16(27)10-15(19(22,23)24)25(2)18(26)29/h4-5,8-10H,3,6-7H2,1-2H3. The minimum absolute atomic E-state index is 0.0111. The van der Waals surface area contributed by atoms with Crippen molar-refractivity contribution in [2.45, 2.75) is 13.1 Å². The number of carbonyl (C=O) groups is 1. The average Bonchev–Trinajstić information content (AvgIpc) is 2.69. The molecule has 0 fully saturated rings. The van der Waals surface area contributed by atoms with E-state index in [9.17, 15) is 27.6 Å². The zero-order valence-electron chi connectivity index (χ0n) is 16.3. The second kappa shape index (κ2) is 10.6. The Labute approximate surface area is 192 Å². The fourth-order valence-corrected chi connectivity index (χ4v) is 3.54. The van der Waals surface area contributed by atoms with E-state index < -0.39 is 29.1 Å². The van der Waals surface area contributed by atoms with Crippen molar-refractivity contribution in [3.8, 4) is 5.69 Å². The van der Waals surface area contributed by atoms with Gasteiger partial charge in [0.1, 0.15) is 16.8 Å². The number of esters is 1. The molecule has 31 heavy (non-hydrogen) atoms. The molecule has 0 bridgehead atoms. The Kier molecular flexibility index (Phi) is 8.61. The fourth-order valence-electron chi connectivity index (χ4n) is 2.52. The van der Waals surface area contributed by atoms with Crippen molar-refractivity contribution in [1.29, 1.82) is 0 Å². The Morgan fingerprint density at radius 1 is 1.29 bits per heavy atom. The minimum atomic E-state index is -4.86. The van der Waals surface area contributed by atoms with Gasteiger partial charge in [-0.2, -0.15) is 24.9 Å². The summed E-state index contributed by atoms with van der Waals surface area (Å²) in [5.41, 5.74) is -3.45. The lowest BCUT2D eigenvalue weighted by Crippen LogP contribution is -2.40. The molecular formula is C19H17BrClF3N2O4S. The van der Waals surface area contributed by atoms with Crippen LogP contribution in [0.15, 0.2) is 38.3 Å². The summed E-state index contributed by atoms with van der Waals surface area (Å²) < 4.78 is 45.1. The maximum Gasteiger partial charge on any atom is 0.431 e. The van der Waals surface area contributed by atoms with Crippen molar-refractivity contribution in [2.75, 3.05) is 18.1 Å². The molecule has 168 valence electrons. The number of benzene rings is 1. The number of halogens is 5. The first kappa shape index (κ1) is 25.3. The van der Waals surface area contributed by atoms with Crippen LogP contribution in [0.1, 0.15) is 18.2 Å². The normalized spacial score (nSPS) is 12.2. The largest absolute Gasteiger partial charge is 0.461 e. The molecule has 0 aliphatic heterocycles. The first-order valence-electron chi connectivity index (χ1n) is 8.79. The summed E-state index contributed by atoms with van der Waals surface area (Å²) >= 11 is 10.8. The van der Waals surface area contributed by atoms with Crippen LogP contribution in [0, 0.1) is 0 Å². The number of aromatic nitrogens is 2. The quantitative estimate of drug-likeness (QED) is 0.298. The van der Waals surface area contributed by atoms with E-state index in [2.05, 4.69) is 15.9 Å². The molecule has 0 aliphatic carbocycles. The van der Waals surface area contributed by atoms with Crippen LogP contribution in [-0.2, 0) is 22.8 Å². The van der Waals surface area contributed by atoms with Crippen LogP contribution in [0.4, 0.5) is 13.2 Å². The number of nitrogens with zero attached hydrogens (tertiary/aromatic N) is 2. The number of ether oxygens (including phenoxy) is 1. The maximum absolute atomic E-state index is 13.0. The van der Waals surface area contributed by atoms with E-state index in [0.717, 1.165) is 12.8 Å². The van der Waals surface area contributed by atoms with Crippen LogP contribution in [0.5, 0.6) is 0 Å². The molecule has 0 aliphatic rings. The zero-order chi connectivity index (χ0) is 23.3. The van der Waals surface area contributed by atoms with Crippen LogP contribution in [0.3, 0.4) is 0 Å². The summed E-state index contributed by atoms with van der Waals surface area (Å²) in [6, 6.07) is 4.31. The lowest BCUT2D eigenvalue weighted by atomic mass is 10.2. The van der Waals surface area contributed by atoms with Gasteiger partial charge in [-0.25, -0.2) is 14.2 Å². The predicted molar refractivity (Wildman–Crippen MR) is 118 cm³/mol. The number of alkyl halides is 3. The topological polar surface area (TPSA) is 70.3 Å². The van der Waals surface area contributed by atoms with Gasteiger partial charge in [0.15, 0.2) is 0 Å². The molecule has 1 heterocycles. The van der Waals surface area contributed by atoms with Crippen LogP contribution in [-0.4, -0.2) is 33.2 Å². The Balaban J connectivity index is 2.44. The monoisotopic (exact) mass is 540 g/mol. The molecule has 0 radical (unpaired) electrons. The van der Waals surface area contributed by atoms with Gasteiger partial charge in [-0.05, 0) is 51.5 Å². The fraction of sp³-hybridized carbons (Fsp3) is 0.316. The number of thioether (sulfide) groups is 1. The Hall–Kier alpha value is -1.98. The van der Waals surface area contributed by atoms with E-state index in [1.807, 2.05) is 6.92 Å². The predicted octanol–water partition coefficient (Wildman–Crippen LogP) is 4.24. The second-order valence-electron chi connectivity index (χ2n) is 6.07. The average molecular weight is 542 g/mol. The third-order valence-electron chi connectivity index (χ3n) is 3.99. The third-order valence-corrected chi connectivity index (χ3v) is 5.75. The summed E-state index contributed by atoms with van der Waals surface area (Å²) in [4.78, 5) is 36.8. The van der Waals surface area contributed by atoms with Crippen LogP contribution in [0.25, 0.3) is 11.8 Å². The van der Waals surface area contributed by atoms with Crippen LogP contribution >= 0.6 is 39.3 Å². The first-order chi connectivity index (χ1) is 14.5. The summed E-state index contributed by atoms with van der Waals surface area (Å²) in [6.07, 6.45) is -3.53. The van der Waals surface area contributed by atoms with Crippen LogP contribution < -0.4 is 11.2 Å². The van der Waals surface area contributed by atoms with Gasteiger partial charge in [0.25, 0.3) is 5.56 Å². The van der Waals surface area contributed by atoms with Gasteiger partial charge in [-0.15, -0.1) is 0 Å². The lowest BCUT2D eigenvalue weighted by molar-refractivity contribution is -0.144. The molecule has 0 N–H and O–H groups in total. The Morgan fingerprint density at radius 3 is 2.58 bits per heavy atom. The highest BCUT2D eigenvalue weighted by Gasteiger charge is 2.35. The van der Waals surface area contributed by atoms with Gasteiger partial charge in [0.05, 0.1) is 5.69 Å². The highest BCUT2D eigenvalue weighted by molar-refractivity contribution is 9.12. The molecule has 1 aromatic carbocycles. The van der Waals surface area contributed by atoms with Gasteiger partial charge in [0, 0.05) is 23.9 Å². The molecule has 2 aromatic rings.